The average Bonchev–Trinajstić information content (AvgIpc) is 3.65. The highest BCUT2D eigenvalue weighted by molar-refractivity contribution is 7.92. The standard InChI is InChI=1S/C27H36F2N6O4S/c1-19-17-23(32-25(30-19)35-13-9-27(28,29)10-14-35)31-24(37)21-4-3-20(33-40(38,39)16-2-15-36)18-22(21)34-11-7-26(5-6-26)8-12-34/h3-4,17-18,33,36H,2,5-16H2,1H3,(H,30,31,32,37). The summed E-state index contributed by atoms with van der Waals surface area (Å²) in [6.07, 6.45) is 4.06. The van der Waals surface area contributed by atoms with Gasteiger partial charge in [-0.05, 0) is 62.6 Å². The average molecular weight is 579 g/mol. The van der Waals surface area contributed by atoms with E-state index in [-0.39, 0.29) is 50.5 Å². The summed E-state index contributed by atoms with van der Waals surface area (Å²) < 4.78 is 54.8. The third-order valence-electron chi connectivity index (χ3n) is 8.07. The summed E-state index contributed by atoms with van der Waals surface area (Å²) >= 11 is 0. The SMILES string of the molecule is Cc1cc(NC(=O)c2ccc(NS(=O)(=O)CCCO)cc2N2CCC3(CC2)CC3)nc(N2CCC(F)(F)CC2)n1. The Kier molecular flexibility index (Phi) is 7.88. The minimum Gasteiger partial charge on any atom is -0.396 e. The molecule has 2 aliphatic heterocycles. The molecular weight excluding hydrogens is 542 g/mol. The fourth-order valence-electron chi connectivity index (χ4n) is 5.41. The lowest BCUT2D eigenvalue weighted by Crippen LogP contribution is -2.40. The number of benzene rings is 1. The number of sulfonamides is 1. The van der Waals surface area contributed by atoms with Gasteiger partial charge in [-0.2, -0.15) is 4.98 Å². The van der Waals surface area contributed by atoms with Crippen LogP contribution in [-0.2, 0) is 10.0 Å². The second-order valence-corrected chi connectivity index (χ2v) is 13.1. The van der Waals surface area contributed by atoms with E-state index in [9.17, 15) is 22.0 Å². The predicted octanol–water partition coefficient (Wildman–Crippen LogP) is 3.78. The van der Waals surface area contributed by atoms with Crippen molar-refractivity contribution in [3.8, 4) is 0 Å². The van der Waals surface area contributed by atoms with Crippen LogP contribution in [-0.4, -0.2) is 73.9 Å². The number of alkyl halides is 2. The van der Waals surface area contributed by atoms with E-state index < -0.39 is 21.9 Å². The van der Waals surface area contributed by atoms with Crippen molar-refractivity contribution in [3.05, 3.63) is 35.5 Å². The maximum atomic E-state index is 13.6. The third kappa shape index (κ3) is 6.80. The van der Waals surface area contributed by atoms with E-state index in [2.05, 4.69) is 24.9 Å². The van der Waals surface area contributed by atoms with Gasteiger partial charge in [0.25, 0.3) is 11.8 Å². The van der Waals surface area contributed by atoms with E-state index in [0.29, 0.717) is 34.0 Å². The van der Waals surface area contributed by atoms with Crippen molar-refractivity contribution < 1.29 is 27.1 Å². The van der Waals surface area contributed by atoms with Crippen molar-refractivity contribution in [1.29, 1.82) is 0 Å². The molecule has 1 aliphatic carbocycles. The summed E-state index contributed by atoms with van der Waals surface area (Å²) in [5.41, 5.74) is 2.35. The zero-order valence-corrected chi connectivity index (χ0v) is 23.4. The third-order valence-corrected chi connectivity index (χ3v) is 9.44. The number of aliphatic hydroxyl groups excluding tert-OH is 1. The summed E-state index contributed by atoms with van der Waals surface area (Å²) in [5.74, 6) is -2.76. The lowest BCUT2D eigenvalue weighted by Gasteiger charge is -2.35. The Bertz CT molecular complexity index is 1350. The van der Waals surface area contributed by atoms with E-state index in [0.717, 1.165) is 25.9 Å². The summed E-state index contributed by atoms with van der Waals surface area (Å²) in [6, 6.07) is 6.45. The maximum absolute atomic E-state index is 13.6. The van der Waals surface area contributed by atoms with Crippen LogP contribution in [0.3, 0.4) is 0 Å². The van der Waals surface area contributed by atoms with Gasteiger partial charge in [-0.3, -0.25) is 9.52 Å². The highest BCUT2D eigenvalue weighted by atomic mass is 32.2. The van der Waals surface area contributed by atoms with Crippen LogP contribution in [0.2, 0.25) is 0 Å². The van der Waals surface area contributed by atoms with Crippen LogP contribution in [0.1, 0.15) is 61.0 Å². The van der Waals surface area contributed by atoms with E-state index in [1.54, 1.807) is 36.1 Å². The van der Waals surface area contributed by atoms with Gasteiger partial charge in [-0.1, -0.05) is 0 Å². The van der Waals surface area contributed by atoms with E-state index >= 15 is 0 Å². The molecule has 40 heavy (non-hydrogen) atoms. The Morgan fingerprint density at radius 1 is 1.00 bits per heavy atom. The summed E-state index contributed by atoms with van der Waals surface area (Å²) in [7, 11) is -3.66. The minimum absolute atomic E-state index is 0.122. The molecule has 1 spiro atoms. The Morgan fingerprint density at radius 3 is 2.33 bits per heavy atom. The van der Waals surface area contributed by atoms with Gasteiger partial charge < -0.3 is 20.2 Å². The summed E-state index contributed by atoms with van der Waals surface area (Å²) in [4.78, 5) is 26.2. The number of amides is 1. The molecule has 1 saturated carbocycles. The Morgan fingerprint density at radius 2 is 1.68 bits per heavy atom. The van der Waals surface area contributed by atoms with Crippen molar-refractivity contribution in [1.82, 2.24) is 9.97 Å². The molecule has 3 N–H and O–H groups in total. The second-order valence-electron chi connectivity index (χ2n) is 11.2. The van der Waals surface area contributed by atoms with Crippen LogP contribution in [0, 0.1) is 12.3 Å². The molecule has 2 saturated heterocycles. The molecule has 0 atom stereocenters. The first-order valence-electron chi connectivity index (χ1n) is 13.8. The van der Waals surface area contributed by atoms with E-state index in [4.69, 9.17) is 5.11 Å². The highest BCUT2D eigenvalue weighted by Crippen LogP contribution is 2.54. The van der Waals surface area contributed by atoms with Crippen LogP contribution in [0.25, 0.3) is 0 Å². The largest absolute Gasteiger partial charge is 0.396 e. The minimum atomic E-state index is -3.66. The zero-order chi connectivity index (χ0) is 28.5. The highest BCUT2D eigenvalue weighted by Gasteiger charge is 2.44. The Hall–Kier alpha value is -3.06. The molecule has 10 nitrogen and oxygen atoms in total. The van der Waals surface area contributed by atoms with Gasteiger partial charge in [0.05, 0.1) is 22.7 Å². The molecular formula is C27H36F2N6O4S. The molecule has 5 rings (SSSR count). The molecule has 1 amide bonds. The lowest BCUT2D eigenvalue weighted by molar-refractivity contribution is -0.0222. The first-order valence-corrected chi connectivity index (χ1v) is 15.4. The fraction of sp³-hybridized carbons (Fsp3) is 0.593. The van der Waals surface area contributed by atoms with Gasteiger partial charge in [0.15, 0.2) is 0 Å². The number of aliphatic hydroxyl groups is 1. The number of carbonyl (C=O) groups excluding carboxylic acids is 1. The number of nitrogens with zero attached hydrogens (tertiary/aromatic N) is 4. The van der Waals surface area contributed by atoms with Gasteiger partial charge in [0.1, 0.15) is 5.82 Å². The molecule has 3 fully saturated rings. The van der Waals surface area contributed by atoms with Crippen LogP contribution in [0.15, 0.2) is 24.3 Å². The van der Waals surface area contributed by atoms with Crippen LogP contribution in [0.5, 0.6) is 0 Å². The number of halogens is 2. The van der Waals surface area contributed by atoms with Crippen molar-refractivity contribution in [2.45, 2.75) is 57.8 Å². The second kappa shape index (κ2) is 11.1. The van der Waals surface area contributed by atoms with Crippen molar-refractivity contribution in [2.75, 3.05) is 58.4 Å². The van der Waals surface area contributed by atoms with Crippen LogP contribution < -0.4 is 19.8 Å². The number of aryl methyl sites for hydroxylation is 1. The molecule has 1 aromatic carbocycles. The quantitative estimate of drug-likeness (QED) is 0.410. The molecule has 0 bridgehead atoms. The number of carbonyl (C=O) groups is 1. The number of piperidine rings is 2. The Labute approximate surface area is 233 Å². The van der Waals surface area contributed by atoms with E-state index in [1.165, 1.54) is 12.8 Å². The first kappa shape index (κ1) is 28.5. The van der Waals surface area contributed by atoms with E-state index in [1.807, 2.05) is 0 Å². The van der Waals surface area contributed by atoms with Gasteiger partial charge in [0, 0.05) is 57.4 Å². The summed E-state index contributed by atoms with van der Waals surface area (Å²) in [5, 5.41) is 11.9. The lowest BCUT2D eigenvalue weighted by atomic mass is 9.93. The molecule has 2 aromatic rings. The van der Waals surface area contributed by atoms with Gasteiger partial charge in [0.2, 0.25) is 16.0 Å². The number of hydrogen-bond acceptors (Lipinski definition) is 8. The van der Waals surface area contributed by atoms with Gasteiger partial charge >= 0.3 is 0 Å². The maximum Gasteiger partial charge on any atom is 0.258 e. The molecule has 3 heterocycles. The summed E-state index contributed by atoms with van der Waals surface area (Å²) in [6.45, 7) is 3.30. The molecule has 13 heteroatoms. The topological polar surface area (TPSA) is 128 Å². The number of rotatable bonds is 9. The van der Waals surface area contributed by atoms with Crippen LogP contribution >= 0.6 is 0 Å². The number of nitrogens with one attached hydrogen (secondary N) is 2. The number of anilines is 4. The smallest absolute Gasteiger partial charge is 0.258 e. The van der Waals surface area contributed by atoms with Crippen molar-refractivity contribution in [2.24, 2.45) is 5.41 Å². The molecule has 1 aromatic heterocycles. The molecule has 218 valence electrons. The normalized spacial score (nSPS) is 19.9. The first-order chi connectivity index (χ1) is 19.0. The zero-order valence-electron chi connectivity index (χ0n) is 22.6. The molecule has 0 unspecified atom stereocenters. The van der Waals surface area contributed by atoms with Crippen LogP contribution in [0.4, 0.5) is 31.9 Å². The predicted molar refractivity (Wildman–Crippen MR) is 150 cm³/mol. The number of hydrogen-bond donors (Lipinski definition) is 3. The van der Waals surface area contributed by atoms with Gasteiger partial charge in [-0.15, -0.1) is 0 Å². The fourth-order valence-corrected chi connectivity index (χ4v) is 6.51. The monoisotopic (exact) mass is 578 g/mol. The number of aromatic nitrogens is 2. The Balaban J connectivity index is 1.38. The van der Waals surface area contributed by atoms with Crippen molar-refractivity contribution >= 4 is 39.1 Å². The molecule has 0 radical (unpaired) electrons. The van der Waals surface area contributed by atoms with Gasteiger partial charge in [-0.25, -0.2) is 22.2 Å². The van der Waals surface area contributed by atoms with Crippen molar-refractivity contribution in [3.63, 3.8) is 0 Å². The molecule has 3 aliphatic rings.